The summed E-state index contributed by atoms with van der Waals surface area (Å²) in [5.41, 5.74) is 2.64. The van der Waals surface area contributed by atoms with Gasteiger partial charge in [-0.3, -0.25) is 14.4 Å². The Morgan fingerprint density at radius 2 is 1.60 bits per heavy atom. The summed E-state index contributed by atoms with van der Waals surface area (Å²) in [6.45, 7) is 5.39. The maximum Gasteiger partial charge on any atom is 0.261 e. The number of amides is 1. The van der Waals surface area contributed by atoms with Crippen molar-refractivity contribution >= 4 is 21.6 Å². The second kappa shape index (κ2) is 11.0. The number of rotatable bonds is 8. The Bertz CT molecular complexity index is 1270. The van der Waals surface area contributed by atoms with Gasteiger partial charge >= 0.3 is 0 Å². The SMILES string of the molecule is CN1CCN(Cc2cccc(CNC(=O)c3cccc(S(=O)(=O)Nc4ccc(F)cc4)c3)c2)CC1. The molecule has 0 aliphatic carbocycles. The van der Waals surface area contributed by atoms with Gasteiger partial charge in [-0.2, -0.15) is 0 Å². The zero-order valence-corrected chi connectivity index (χ0v) is 20.4. The fourth-order valence-electron chi connectivity index (χ4n) is 3.92. The molecule has 4 rings (SSSR count). The summed E-state index contributed by atoms with van der Waals surface area (Å²) in [7, 11) is -1.80. The lowest BCUT2D eigenvalue weighted by molar-refractivity contribution is 0.0950. The van der Waals surface area contributed by atoms with Gasteiger partial charge in [-0.25, -0.2) is 12.8 Å². The summed E-state index contributed by atoms with van der Waals surface area (Å²) in [4.78, 5) is 17.4. The summed E-state index contributed by atoms with van der Waals surface area (Å²) in [6, 6.07) is 18.9. The second-order valence-corrected chi connectivity index (χ2v) is 10.4. The molecule has 0 aromatic heterocycles. The number of anilines is 1. The van der Waals surface area contributed by atoms with Crippen molar-refractivity contribution in [3.63, 3.8) is 0 Å². The molecule has 1 saturated heterocycles. The van der Waals surface area contributed by atoms with Crippen molar-refractivity contribution in [1.29, 1.82) is 0 Å². The van der Waals surface area contributed by atoms with E-state index in [1.54, 1.807) is 6.07 Å². The maximum absolute atomic E-state index is 13.1. The molecule has 35 heavy (non-hydrogen) atoms. The van der Waals surface area contributed by atoms with Gasteiger partial charge in [0, 0.05) is 50.5 Å². The van der Waals surface area contributed by atoms with E-state index >= 15 is 0 Å². The van der Waals surface area contributed by atoms with Crippen LogP contribution in [0.1, 0.15) is 21.5 Å². The maximum atomic E-state index is 13.1. The first-order valence-electron chi connectivity index (χ1n) is 11.4. The van der Waals surface area contributed by atoms with Gasteiger partial charge in [-0.15, -0.1) is 0 Å². The highest BCUT2D eigenvalue weighted by molar-refractivity contribution is 7.92. The van der Waals surface area contributed by atoms with Crippen LogP contribution in [0, 0.1) is 5.82 Å². The van der Waals surface area contributed by atoms with Crippen molar-refractivity contribution in [2.75, 3.05) is 37.9 Å². The average Bonchev–Trinajstić information content (AvgIpc) is 2.85. The fraction of sp³-hybridized carbons (Fsp3) is 0.269. The summed E-state index contributed by atoms with van der Waals surface area (Å²) < 4.78 is 40.9. The summed E-state index contributed by atoms with van der Waals surface area (Å²) in [5, 5.41) is 2.87. The van der Waals surface area contributed by atoms with Crippen LogP contribution in [0.5, 0.6) is 0 Å². The molecule has 0 atom stereocenters. The summed E-state index contributed by atoms with van der Waals surface area (Å²) >= 11 is 0. The standard InChI is InChI=1S/C26H29FN4O3S/c1-30-12-14-31(15-13-30)19-21-5-2-4-20(16-21)18-28-26(32)22-6-3-7-25(17-22)35(33,34)29-24-10-8-23(27)9-11-24/h2-11,16-17,29H,12-15,18-19H2,1H3,(H,28,32). The average molecular weight is 497 g/mol. The van der Waals surface area contributed by atoms with Crippen LogP contribution in [0.15, 0.2) is 77.7 Å². The Balaban J connectivity index is 1.37. The van der Waals surface area contributed by atoms with E-state index in [0.29, 0.717) is 6.54 Å². The summed E-state index contributed by atoms with van der Waals surface area (Å²) in [5.74, 6) is -0.829. The number of carbonyl (C=O) groups is 1. The van der Waals surface area contributed by atoms with E-state index in [9.17, 15) is 17.6 Å². The number of nitrogens with zero attached hydrogens (tertiary/aromatic N) is 2. The third-order valence-electron chi connectivity index (χ3n) is 5.95. The number of sulfonamides is 1. The van der Waals surface area contributed by atoms with Crippen molar-refractivity contribution in [3.05, 3.63) is 95.3 Å². The Kier molecular flexibility index (Phi) is 7.80. The summed E-state index contributed by atoms with van der Waals surface area (Å²) in [6.07, 6.45) is 0. The lowest BCUT2D eigenvalue weighted by Gasteiger charge is -2.32. The molecular weight excluding hydrogens is 467 g/mol. The number of benzene rings is 3. The van der Waals surface area contributed by atoms with Crippen molar-refractivity contribution in [2.45, 2.75) is 18.0 Å². The van der Waals surface area contributed by atoms with Gasteiger partial charge in [-0.1, -0.05) is 30.3 Å². The molecule has 184 valence electrons. The third kappa shape index (κ3) is 6.88. The molecule has 0 bridgehead atoms. The Morgan fingerprint density at radius 1 is 0.914 bits per heavy atom. The van der Waals surface area contributed by atoms with E-state index < -0.39 is 15.8 Å². The molecule has 0 unspecified atom stereocenters. The Labute approximate surface area is 205 Å². The number of halogens is 1. The van der Waals surface area contributed by atoms with Crippen LogP contribution < -0.4 is 10.0 Å². The van der Waals surface area contributed by atoms with Crippen molar-refractivity contribution < 1.29 is 17.6 Å². The van der Waals surface area contributed by atoms with E-state index in [2.05, 4.69) is 39.0 Å². The first-order chi connectivity index (χ1) is 16.8. The smallest absolute Gasteiger partial charge is 0.261 e. The van der Waals surface area contributed by atoms with Crippen molar-refractivity contribution in [3.8, 4) is 0 Å². The van der Waals surface area contributed by atoms with Gasteiger partial charge in [0.15, 0.2) is 0 Å². The van der Waals surface area contributed by atoms with E-state index in [1.807, 2.05) is 12.1 Å². The number of piperazine rings is 1. The normalized spacial score (nSPS) is 15.0. The van der Waals surface area contributed by atoms with E-state index in [4.69, 9.17) is 0 Å². The Morgan fingerprint density at radius 3 is 2.34 bits per heavy atom. The number of likely N-dealkylation sites (N-methyl/N-ethyl adjacent to an activating group) is 1. The molecule has 2 N–H and O–H groups in total. The molecule has 1 fully saturated rings. The third-order valence-corrected chi connectivity index (χ3v) is 7.33. The fourth-order valence-corrected chi connectivity index (χ4v) is 5.03. The van der Waals surface area contributed by atoms with Gasteiger partial charge in [0.05, 0.1) is 4.90 Å². The van der Waals surface area contributed by atoms with Crippen molar-refractivity contribution in [1.82, 2.24) is 15.1 Å². The van der Waals surface area contributed by atoms with Crippen LogP contribution in [0.2, 0.25) is 0 Å². The molecule has 0 spiro atoms. The molecule has 9 heteroatoms. The predicted molar refractivity (Wildman–Crippen MR) is 134 cm³/mol. The van der Waals surface area contributed by atoms with Crippen LogP contribution >= 0.6 is 0 Å². The zero-order valence-electron chi connectivity index (χ0n) is 19.6. The number of hydrogen-bond donors (Lipinski definition) is 2. The first-order valence-corrected chi connectivity index (χ1v) is 12.9. The molecule has 3 aromatic carbocycles. The molecule has 1 amide bonds. The molecule has 0 radical (unpaired) electrons. The minimum Gasteiger partial charge on any atom is -0.348 e. The van der Waals surface area contributed by atoms with Gasteiger partial charge in [-0.05, 0) is 60.6 Å². The molecule has 1 aliphatic heterocycles. The van der Waals surface area contributed by atoms with E-state index in [-0.39, 0.29) is 22.1 Å². The van der Waals surface area contributed by atoms with Crippen LogP contribution in [0.25, 0.3) is 0 Å². The van der Waals surface area contributed by atoms with Crippen LogP contribution in [-0.4, -0.2) is 57.4 Å². The number of hydrogen-bond acceptors (Lipinski definition) is 5. The number of carbonyl (C=O) groups excluding carboxylic acids is 1. The molecular formula is C26H29FN4O3S. The molecule has 0 saturated carbocycles. The van der Waals surface area contributed by atoms with Crippen LogP contribution in [-0.2, 0) is 23.1 Å². The van der Waals surface area contributed by atoms with Crippen LogP contribution in [0.3, 0.4) is 0 Å². The largest absolute Gasteiger partial charge is 0.348 e. The van der Waals surface area contributed by atoms with Gasteiger partial charge in [0.25, 0.3) is 15.9 Å². The second-order valence-electron chi connectivity index (χ2n) is 8.72. The zero-order chi connectivity index (χ0) is 24.8. The monoisotopic (exact) mass is 496 g/mol. The van der Waals surface area contributed by atoms with E-state index in [0.717, 1.165) is 38.3 Å². The lowest BCUT2D eigenvalue weighted by Crippen LogP contribution is -2.43. The number of nitrogens with one attached hydrogen (secondary N) is 2. The Hall–Kier alpha value is -3.27. The van der Waals surface area contributed by atoms with E-state index in [1.165, 1.54) is 48.0 Å². The molecule has 1 heterocycles. The lowest BCUT2D eigenvalue weighted by atomic mass is 10.1. The minimum atomic E-state index is -3.93. The van der Waals surface area contributed by atoms with Gasteiger partial charge in [0.1, 0.15) is 5.82 Å². The highest BCUT2D eigenvalue weighted by atomic mass is 32.2. The molecule has 7 nitrogen and oxygen atoms in total. The highest BCUT2D eigenvalue weighted by Crippen LogP contribution is 2.18. The van der Waals surface area contributed by atoms with Crippen molar-refractivity contribution in [2.24, 2.45) is 0 Å². The highest BCUT2D eigenvalue weighted by Gasteiger charge is 2.17. The van der Waals surface area contributed by atoms with Crippen LogP contribution in [0.4, 0.5) is 10.1 Å². The quantitative estimate of drug-likeness (QED) is 0.500. The molecule has 1 aliphatic rings. The molecule has 3 aromatic rings. The predicted octanol–water partition coefficient (Wildman–Crippen LogP) is 3.30. The van der Waals surface area contributed by atoms with Gasteiger partial charge < -0.3 is 10.2 Å². The van der Waals surface area contributed by atoms with Gasteiger partial charge in [0.2, 0.25) is 0 Å². The minimum absolute atomic E-state index is 0.0522. The topological polar surface area (TPSA) is 81.8 Å². The first kappa shape index (κ1) is 24.8.